The molecule has 0 fully saturated rings. The Kier molecular flexibility index (Phi) is 10.1. The summed E-state index contributed by atoms with van der Waals surface area (Å²) in [6.07, 6.45) is 0. The molecule has 67 heavy (non-hydrogen) atoms. The van der Waals surface area contributed by atoms with Gasteiger partial charge in [-0.25, -0.2) is 15.0 Å². The van der Waals surface area contributed by atoms with Gasteiger partial charge in [-0.3, -0.25) is 0 Å². The molecule has 11 aromatic rings. The Balaban J connectivity index is 1.07. The lowest BCUT2D eigenvalue weighted by atomic mass is 9.66. The average molecular weight is 854 g/mol. The third kappa shape index (κ3) is 7.15. The lowest BCUT2D eigenvalue weighted by Crippen LogP contribution is -2.29. The van der Waals surface area contributed by atoms with Crippen LogP contribution in [0.15, 0.2) is 261 Å². The predicted octanol–water partition coefficient (Wildman–Crippen LogP) is 15.9. The van der Waals surface area contributed by atoms with E-state index in [1.54, 1.807) is 0 Å². The van der Waals surface area contributed by atoms with E-state index in [2.05, 4.69) is 255 Å². The molecule has 3 heteroatoms. The molecule has 1 aromatic heterocycles. The first-order valence-electron chi connectivity index (χ1n) is 22.8. The minimum absolute atomic E-state index is 0.557. The standard InChI is InChI=1S/C64H43N3/c1-6-21-44(22-7-1)47-27-18-29-49(39-47)61-65-62(67-63(66-61)53-42-51(45-23-8-2-9-24-45)41-52(43-53)46-25-10-3-11-26-46)50-30-19-28-48(40-50)56-36-20-37-58-57-35-16-17-38-59(57)64(60(56)58,54-31-12-4-13-32-54)55-33-14-5-15-34-55/h1-43H. The highest BCUT2D eigenvalue weighted by Crippen LogP contribution is 2.58. The molecule has 0 spiro atoms. The fraction of sp³-hybridized carbons (Fsp3) is 0.0156. The Morgan fingerprint density at radius 1 is 0.224 bits per heavy atom. The van der Waals surface area contributed by atoms with Crippen molar-refractivity contribution in [1.82, 2.24) is 15.0 Å². The highest BCUT2D eigenvalue weighted by atomic mass is 15.0. The van der Waals surface area contributed by atoms with Crippen molar-refractivity contribution >= 4 is 0 Å². The minimum atomic E-state index is -0.557. The largest absolute Gasteiger partial charge is 0.208 e. The van der Waals surface area contributed by atoms with Crippen LogP contribution in [-0.4, -0.2) is 15.0 Å². The van der Waals surface area contributed by atoms with Crippen LogP contribution < -0.4 is 0 Å². The van der Waals surface area contributed by atoms with Crippen molar-refractivity contribution in [2.75, 3.05) is 0 Å². The molecule has 0 atom stereocenters. The van der Waals surface area contributed by atoms with Crippen LogP contribution in [0.3, 0.4) is 0 Å². The van der Waals surface area contributed by atoms with Gasteiger partial charge in [-0.05, 0) is 108 Å². The van der Waals surface area contributed by atoms with Crippen LogP contribution in [0.4, 0.5) is 0 Å². The summed E-state index contributed by atoms with van der Waals surface area (Å²) in [5, 5.41) is 0. The van der Waals surface area contributed by atoms with Crippen LogP contribution >= 0.6 is 0 Å². The summed E-state index contributed by atoms with van der Waals surface area (Å²) in [5.41, 5.74) is 18.6. The lowest BCUT2D eigenvalue weighted by molar-refractivity contribution is 0.770. The van der Waals surface area contributed by atoms with Gasteiger partial charge in [0.1, 0.15) is 0 Å². The molecule has 0 bridgehead atoms. The van der Waals surface area contributed by atoms with Gasteiger partial charge in [0.25, 0.3) is 0 Å². The van der Waals surface area contributed by atoms with Crippen molar-refractivity contribution in [2.24, 2.45) is 0 Å². The number of nitrogens with zero attached hydrogens (tertiary/aromatic N) is 3. The molecule has 1 aliphatic carbocycles. The van der Waals surface area contributed by atoms with E-state index < -0.39 is 5.41 Å². The maximum absolute atomic E-state index is 5.39. The molecule has 0 saturated heterocycles. The molecule has 0 radical (unpaired) electrons. The van der Waals surface area contributed by atoms with Crippen molar-refractivity contribution in [3.8, 4) is 89.8 Å². The van der Waals surface area contributed by atoms with Gasteiger partial charge in [-0.1, -0.05) is 231 Å². The fourth-order valence-corrected chi connectivity index (χ4v) is 10.2. The van der Waals surface area contributed by atoms with Gasteiger partial charge in [-0.15, -0.1) is 0 Å². The summed E-state index contributed by atoms with van der Waals surface area (Å²) < 4.78 is 0. The summed E-state index contributed by atoms with van der Waals surface area (Å²) in [5.74, 6) is 1.82. The van der Waals surface area contributed by atoms with Gasteiger partial charge in [0.2, 0.25) is 0 Å². The van der Waals surface area contributed by atoms with Crippen molar-refractivity contribution in [1.29, 1.82) is 0 Å². The second-order valence-electron chi connectivity index (χ2n) is 17.1. The molecule has 0 unspecified atom stereocenters. The zero-order valence-electron chi connectivity index (χ0n) is 36.7. The van der Waals surface area contributed by atoms with Gasteiger partial charge >= 0.3 is 0 Å². The quantitative estimate of drug-likeness (QED) is 0.145. The molecule has 1 heterocycles. The van der Waals surface area contributed by atoms with Crippen molar-refractivity contribution in [3.05, 3.63) is 283 Å². The molecular formula is C64H43N3. The third-order valence-corrected chi connectivity index (χ3v) is 13.2. The van der Waals surface area contributed by atoms with E-state index in [-0.39, 0.29) is 0 Å². The first-order chi connectivity index (χ1) is 33.2. The first kappa shape index (κ1) is 39.8. The van der Waals surface area contributed by atoms with E-state index in [1.165, 1.54) is 33.4 Å². The summed E-state index contributed by atoms with van der Waals surface area (Å²) >= 11 is 0. The lowest BCUT2D eigenvalue weighted by Gasteiger charge is -2.35. The number of rotatable bonds is 9. The fourth-order valence-electron chi connectivity index (χ4n) is 10.2. The van der Waals surface area contributed by atoms with E-state index in [0.717, 1.165) is 61.2 Å². The second-order valence-corrected chi connectivity index (χ2v) is 17.1. The van der Waals surface area contributed by atoms with E-state index >= 15 is 0 Å². The van der Waals surface area contributed by atoms with Crippen LogP contribution in [-0.2, 0) is 5.41 Å². The van der Waals surface area contributed by atoms with Crippen LogP contribution in [0.2, 0.25) is 0 Å². The minimum Gasteiger partial charge on any atom is -0.208 e. The van der Waals surface area contributed by atoms with Crippen molar-refractivity contribution in [2.45, 2.75) is 5.41 Å². The van der Waals surface area contributed by atoms with Gasteiger partial charge in [0.15, 0.2) is 17.5 Å². The Morgan fingerprint density at radius 2 is 0.567 bits per heavy atom. The first-order valence-corrected chi connectivity index (χ1v) is 22.8. The summed E-state index contributed by atoms with van der Waals surface area (Å²) in [7, 11) is 0. The maximum atomic E-state index is 5.39. The van der Waals surface area contributed by atoms with Gasteiger partial charge < -0.3 is 0 Å². The van der Waals surface area contributed by atoms with Crippen LogP contribution in [0.5, 0.6) is 0 Å². The Bertz CT molecular complexity index is 3450. The van der Waals surface area contributed by atoms with E-state index in [1.807, 2.05) is 6.07 Å². The summed E-state index contributed by atoms with van der Waals surface area (Å²) in [4.78, 5) is 16.0. The molecule has 12 rings (SSSR count). The normalized spacial score (nSPS) is 12.3. The van der Waals surface area contributed by atoms with Crippen molar-refractivity contribution < 1.29 is 0 Å². The second kappa shape index (κ2) is 17.0. The van der Waals surface area contributed by atoms with Gasteiger partial charge in [0, 0.05) is 16.7 Å². The maximum Gasteiger partial charge on any atom is 0.164 e. The highest BCUT2D eigenvalue weighted by Gasteiger charge is 2.47. The topological polar surface area (TPSA) is 38.7 Å². The zero-order valence-corrected chi connectivity index (χ0v) is 36.7. The predicted molar refractivity (Wildman–Crippen MR) is 275 cm³/mol. The van der Waals surface area contributed by atoms with Crippen LogP contribution in [0.1, 0.15) is 22.3 Å². The molecule has 0 saturated carbocycles. The van der Waals surface area contributed by atoms with Gasteiger partial charge in [-0.2, -0.15) is 0 Å². The smallest absolute Gasteiger partial charge is 0.164 e. The summed E-state index contributed by atoms with van der Waals surface area (Å²) in [6.45, 7) is 0. The number of aromatic nitrogens is 3. The monoisotopic (exact) mass is 853 g/mol. The average Bonchev–Trinajstić information content (AvgIpc) is 3.73. The zero-order chi connectivity index (χ0) is 44.6. The molecule has 3 nitrogen and oxygen atoms in total. The number of benzene rings is 10. The van der Waals surface area contributed by atoms with E-state index in [9.17, 15) is 0 Å². The van der Waals surface area contributed by atoms with E-state index in [4.69, 9.17) is 15.0 Å². The molecule has 0 aliphatic heterocycles. The number of hydrogen-bond acceptors (Lipinski definition) is 3. The molecule has 0 amide bonds. The molecule has 0 N–H and O–H groups in total. The van der Waals surface area contributed by atoms with Crippen LogP contribution in [0, 0.1) is 0 Å². The highest BCUT2D eigenvalue weighted by molar-refractivity contribution is 5.93. The molecule has 10 aromatic carbocycles. The van der Waals surface area contributed by atoms with E-state index in [0.29, 0.717) is 17.5 Å². The molecule has 1 aliphatic rings. The summed E-state index contributed by atoms with van der Waals surface area (Å²) in [6, 6.07) is 93.1. The Morgan fingerprint density at radius 3 is 1.12 bits per heavy atom. The molecule has 314 valence electrons. The number of fused-ring (bicyclic) bond motifs is 3. The Hall–Kier alpha value is -8.79. The molecular weight excluding hydrogens is 811 g/mol. The van der Waals surface area contributed by atoms with Gasteiger partial charge in [0.05, 0.1) is 5.41 Å². The van der Waals surface area contributed by atoms with Crippen LogP contribution in [0.25, 0.3) is 89.8 Å². The Labute approximate surface area is 391 Å². The number of hydrogen-bond donors (Lipinski definition) is 0. The third-order valence-electron chi connectivity index (χ3n) is 13.2. The SMILES string of the molecule is c1ccc(-c2cccc(-c3nc(-c4cc(-c5ccccc5)cc(-c5ccccc5)c4)nc(-c4cccc(-c5cccc6c5C(c5ccccc5)(c5ccccc5)c5ccccc5-6)c4)n3)c2)cc1. The van der Waals surface area contributed by atoms with Crippen molar-refractivity contribution in [3.63, 3.8) is 0 Å².